The highest BCUT2D eigenvalue weighted by Crippen LogP contribution is 2.48. The fourth-order valence-electron chi connectivity index (χ4n) is 3.88. The minimum absolute atomic E-state index is 0.0307. The van der Waals surface area contributed by atoms with Crippen molar-refractivity contribution in [2.24, 2.45) is 11.8 Å². The van der Waals surface area contributed by atoms with E-state index in [-0.39, 0.29) is 5.91 Å². The van der Waals surface area contributed by atoms with Crippen LogP contribution in [0.2, 0.25) is 0 Å². The number of allylic oxidation sites excluding steroid dienone is 1. The predicted molar refractivity (Wildman–Crippen MR) is 85.5 cm³/mol. The highest BCUT2D eigenvalue weighted by atomic mass is 16.5. The smallest absolute Gasteiger partial charge is 0.244 e. The minimum Gasteiger partial charge on any atom is -0.340 e. The number of aromatic nitrogens is 2. The molecule has 0 bridgehead atoms. The van der Waals surface area contributed by atoms with E-state index < -0.39 is 5.54 Å². The normalized spacial score (nSPS) is 23.3. The van der Waals surface area contributed by atoms with Gasteiger partial charge < -0.3 is 9.84 Å². The molecule has 0 saturated heterocycles. The summed E-state index contributed by atoms with van der Waals surface area (Å²) in [7, 11) is 0. The molecule has 0 unspecified atom stereocenters. The van der Waals surface area contributed by atoms with Crippen LogP contribution in [0.15, 0.2) is 16.2 Å². The molecule has 3 aliphatic carbocycles. The number of amides is 1. The zero-order valence-electron chi connectivity index (χ0n) is 13.8. The second-order valence-electron chi connectivity index (χ2n) is 7.46. The van der Waals surface area contributed by atoms with E-state index in [4.69, 9.17) is 4.52 Å². The molecule has 1 aromatic heterocycles. The van der Waals surface area contributed by atoms with E-state index in [0.717, 1.165) is 25.7 Å². The third-order valence-corrected chi connectivity index (χ3v) is 5.42. The van der Waals surface area contributed by atoms with E-state index in [9.17, 15) is 4.79 Å². The maximum atomic E-state index is 12.7. The summed E-state index contributed by atoms with van der Waals surface area (Å²) < 4.78 is 5.17. The van der Waals surface area contributed by atoms with Gasteiger partial charge in [-0.3, -0.25) is 4.79 Å². The van der Waals surface area contributed by atoms with Crippen molar-refractivity contribution in [1.29, 1.82) is 0 Å². The van der Waals surface area contributed by atoms with Crippen molar-refractivity contribution in [2.45, 2.75) is 70.3 Å². The number of aryl methyl sites for hydroxylation is 1. The van der Waals surface area contributed by atoms with Crippen molar-refractivity contribution >= 4 is 5.91 Å². The molecule has 3 fully saturated rings. The summed E-state index contributed by atoms with van der Waals surface area (Å²) in [6.07, 6.45) is 12.1. The summed E-state index contributed by atoms with van der Waals surface area (Å²) in [6.45, 7) is 1.80. The number of nitrogens with one attached hydrogen (secondary N) is 1. The second-order valence-corrected chi connectivity index (χ2v) is 7.46. The fraction of sp³-hybridized carbons (Fsp3) is 0.722. The van der Waals surface area contributed by atoms with E-state index >= 15 is 0 Å². The molecular formula is C18H25N3O2. The van der Waals surface area contributed by atoms with Crippen LogP contribution < -0.4 is 5.32 Å². The summed E-state index contributed by atoms with van der Waals surface area (Å²) in [5.74, 6) is 2.58. The van der Waals surface area contributed by atoms with Gasteiger partial charge in [-0.15, -0.1) is 0 Å². The summed E-state index contributed by atoms with van der Waals surface area (Å²) in [5.41, 5.74) is 0.944. The summed E-state index contributed by atoms with van der Waals surface area (Å²) in [6, 6.07) is 0. The van der Waals surface area contributed by atoms with Gasteiger partial charge in [0.25, 0.3) is 0 Å². The number of rotatable bonds is 5. The molecule has 0 aromatic carbocycles. The lowest BCUT2D eigenvalue weighted by Gasteiger charge is -2.35. The number of carbonyl (C=O) groups is 1. The van der Waals surface area contributed by atoms with Crippen LogP contribution in [0.3, 0.4) is 0 Å². The molecule has 1 heterocycles. The van der Waals surface area contributed by atoms with Gasteiger partial charge in [-0.2, -0.15) is 4.98 Å². The quantitative estimate of drug-likeness (QED) is 0.846. The average Bonchev–Trinajstić information content (AvgIpc) is 3.45. The van der Waals surface area contributed by atoms with Crippen molar-refractivity contribution in [3.63, 3.8) is 0 Å². The molecule has 0 spiro atoms. The number of nitrogens with zero attached hydrogens (tertiary/aromatic N) is 2. The number of hydrogen-bond donors (Lipinski definition) is 1. The minimum atomic E-state index is -0.443. The lowest BCUT2D eigenvalue weighted by atomic mass is 9.81. The first-order valence-electron chi connectivity index (χ1n) is 9.01. The standard InChI is InChI=1S/C18H25N3O2/c1-12-19-17(21-23-12)18(9-3-2-4-10-18)20-16(22)11-15(13-5-6-13)14-7-8-14/h11,13-14H,2-10H2,1H3,(H,20,22). The SMILES string of the molecule is Cc1nc(C2(NC(=O)C=C(C3CC3)C3CC3)CCCCC2)no1. The largest absolute Gasteiger partial charge is 0.340 e. The van der Waals surface area contributed by atoms with Gasteiger partial charge >= 0.3 is 0 Å². The Morgan fingerprint density at radius 3 is 2.35 bits per heavy atom. The second kappa shape index (κ2) is 5.77. The van der Waals surface area contributed by atoms with E-state index in [0.29, 0.717) is 23.6 Å². The predicted octanol–water partition coefficient (Wildman–Crippen LogP) is 3.40. The van der Waals surface area contributed by atoms with Crippen LogP contribution in [-0.4, -0.2) is 16.0 Å². The van der Waals surface area contributed by atoms with Gasteiger partial charge in [0, 0.05) is 13.0 Å². The van der Waals surface area contributed by atoms with Crippen LogP contribution in [0, 0.1) is 18.8 Å². The van der Waals surface area contributed by atoms with E-state index in [1.54, 1.807) is 6.92 Å². The Morgan fingerprint density at radius 1 is 1.17 bits per heavy atom. The van der Waals surface area contributed by atoms with Crippen LogP contribution in [0.4, 0.5) is 0 Å². The van der Waals surface area contributed by atoms with Gasteiger partial charge in [0.2, 0.25) is 11.8 Å². The van der Waals surface area contributed by atoms with Gasteiger partial charge in [-0.1, -0.05) is 30.0 Å². The molecule has 124 valence electrons. The van der Waals surface area contributed by atoms with E-state index in [1.165, 1.54) is 37.7 Å². The Labute approximate surface area is 136 Å². The molecule has 3 saturated carbocycles. The molecule has 4 rings (SSSR count). The highest BCUT2D eigenvalue weighted by Gasteiger charge is 2.41. The molecule has 1 aromatic rings. The Morgan fingerprint density at radius 2 is 1.83 bits per heavy atom. The maximum Gasteiger partial charge on any atom is 0.244 e. The van der Waals surface area contributed by atoms with E-state index in [1.807, 2.05) is 6.08 Å². The Balaban J connectivity index is 1.55. The monoisotopic (exact) mass is 315 g/mol. The number of hydrogen-bond acceptors (Lipinski definition) is 4. The molecular weight excluding hydrogens is 290 g/mol. The van der Waals surface area contributed by atoms with Crippen LogP contribution in [-0.2, 0) is 10.3 Å². The summed E-state index contributed by atoms with van der Waals surface area (Å²) in [5, 5.41) is 7.37. The Bertz CT molecular complexity index is 606. The zero-order chi connectivity index (χ0) is 15.9. The zero-order valence-corrected chi connectivity index (χ0v) is 13.8. The fourth-order valence-corrected chi connectivity index (χ4v) is 3.88. The molecule has 0 atom stereocenters. The van der Waals surface area contributed by atoms with Gasteiger partial charge in [0.1, 0.15) is 5.54 Å². The molecule has 0 radical (unpaired) electrons. The van der Waals surface area contributed by atoms with Crippen molar-refractivity contribution in [3.05, 3.63) is 23.4 Å². The first-order chi connectivity index (χ1) is 11.2. The lowest BCUT2D eigenvalue weighted by molar-refractivity contribution is -0.119. The molecule has 1 amide bonds. The maximum absolute atomic E-state index is 12.7. The summed E-state index contributed by atoms with van der Waals surface area (Å²) in [4.78, 5) is 17.1. The number of carbonyl (C=O) groups excluding carboxylic acids is 1. The van der Waals surface area contributed by atoms with Crippen LogP contribution in [0.25, 0.3) is 0 Å². The van der Waals surface area contributed by atoms with Crippen molar-refractivity contribution in [1.82, 2.24) is 15.5 Å². The van der Waals surface area contributed by atoms with Crippen LogP contribution in [0.1, 0.15) is 69.5 Å². The lowest BCUT2D eigenvalue weighted by Crippen LogP contribution is -2.47. The average molecular weight is 315 g/mol. The molecule has 5 heteroatoms. The molecule has 3 aliphatic rings. The van der Waals surface area contributed by atoms with Crippen molar-refractivity contribution in [2.75, 3.05) is 0 Å². The van der Waals surface area contributed by atoms with Crippen molar-refractivity contribution in [3.8, 4) is 0 Å². The molecule has 5 nitrogen and oxygen atoms in total. The third-order valence-electron chi connectivity index (χ3n) is 5.42. The first kappa shape index (κ1) is 14.9. The third kappa shape index (κ3) is 3.19. The van der Waals surface area contributed by atoms with Crippen LogP contribution in [0.5, 0.6) is 0 Å². The molecule has 23 heavy (non-hydrogen) atoms. The highest BCUT2D eigenvalue weighted by molar-refractivity contribution is 5.89. The van der Waals surface area contributed by atoms with Crippen molar-refractivity contribution < 1.29 is 9.32 Å². The van der Waals surface area contributed by atoms with E-state index in [2.05, 4.69) is 15.5 Å². The van der Waals surface area contributed by atoms with Gasteiger partial charge in [0.05, 0.1) is 0 Å². The summed E-state index contributed by atoms with van der Waals surface area (Å²) >= 11 is 0. The molecule has 0 aliphatic heterocycles. The van der Waals surface area contributed by atoms with Crippen LogP contribution >= 0.6 is 0 Å². The van der Waals surface area contributed by atoms with Gasteiger partial charge in [0.15, 0.2) is 5.82 Å². The topological polar surface area (TPSA) is 68.0 Å². The Hall–Kier alpha value is -1.65. The van der Waals surface area contributed by atoms with Gasteiger partial charge in [-0.05, 0) is 50.4 Å². The Kier molecular flexibility index (Phi) is 3.74. The van der Waals surface area contributed by atoms with Gasteiger partial charge in [-0.25, -0.2) is 0 Å². The molecule has 1 N–H and O–H groups in total. The first-order valence-corrected chi connectivity index (χ1v) is 9.01.